The van der Waals surface area contributed by atoms with Crippen LogP contribution in [0.4, 0.5) is 0 Å². The zero-order chi connectivity index (χ0) is 10.8. The smallest absolute Gasteiger partial charge is 0.147 e. The molecule has 1 aliphatic heterocycles. The second-order valence-electron chi connectivity index (χ2n) is 3.38. The van der Waals surface area contributed by atoms with E-state index >= 15 is 0 Å². The molecular formula is C10H11ClN2O2. The van der Waals surface area contributed by atoms with Crippen LogP contribution in [0.15, 0.2) is 24.3 Å². The number of benzene rings is 1. The van der Waals surface area contributed by atoms with Crippen molar-refractivity contribution in [2.45, 2.75) is 6.04 Å². The lowest BCUT2D eigenvalue weighted by molar-refractivity contribution is -0.106. The molecule has 0 aromatic heterocycles. The summed E-state index contributed by atoms with van der Waals surface area (Å²) in [4.78, 5) is 0. The lowest BCUT2D eigenvalue weighted by Gasteiger charge is -2.32. The monoisotopic (exact) mass is 226 g/mol. The van der Waals surface area contributed by atoms with Gasteiger partial charge in [0.05, 0.1) is 6.61 Å². The molecule has 0 spiro atoms. The lowest BCUT2D eigenvalue weighted by Crippen LogP contribution is -2.41. The van der Waals surface area contributed by atoms with Gasteiger partial charge >= 0.3 is 0 Å². The van der Waals surface area contributed by atoms with Gasteiger partial charge in [-0.05, 0) is 17.7 Å². The number of nitrogens with zero attached hydrogens (tertiary/aromatic N) is 1. The minimum Gasteiger partial charge on any atom is -0.371 e. The standard InChI is InChI=1S/C10H11ClN2O2/c11-8-3-1-2-7(4-8)9-5-15-6-10(12)13(9)14/h1-4,9,12,14H,5-6H2/t9-/m0/s1. The highest BCUT2D eigenvalue weighted by Gasteiger charge is 2.26. The number of rotatable bonds is 1. The third-order valence-corrected chi connectivity index (χ3v) is 2.55. The largest absolute Gasteiger partial charge is 0.371 e. The second-order valence-corrected chi connectivity index (χ2v) is 3.81. The van der Waals surface area contributed by atoms with Gasteiger partial charge in [0.15, 0.2) is 0 Å². The molecule has 1 aromatic carbocycles. The van der Waals surface area contributed by atoms with E-state index in [0.717, 1.165) is 10.6 Å². The molecule has 1 aromatic rings. The molecule has 1 saturated heterocycles. The zero-order valence-electron chi connectivity index (χ0n) is 7.98. The molecule has 15 heavy (non-hydrogen) atoms. The molecule has 80 valence electrons. The SMILES string of the molecule is N=C1COC[C@@H](c2cccc(Cl)c2)N1O. The fourth-order valence-electron chi connectivity index (χ4n) is 1.54. The van der Waals surface area contributed by atoms with Crippen molar-refractivity contribution in [3.05, 3.63) is 34.9 Å². The molecule has 4 nitrogen and oxygen atoms in total. The molecule has 0 radical (unpaired) electrons. The highest BCUT2D eigenvalue weighted by Crippen LogP contribution is 2.25. The number of ether oxygens (including phenoxy) is 1. The molecule has 0 amide bonds. The van der Waals surface area contributed by atoms with Gasteiger partial charge < -0.3 is 4.74 Å². The molecule has 2 N–H and O–H groups in total. The molecule has 0 saturated carbocycles. The molecule has 5 heteroatoms. The van der Waals surface area contributed by atoms with Crippen LogP contribution in [-0.4, -0.2) is 29.3 Å². The van der Waals surface area contributed by atoms with Crippen molar-refractivity contribution >= 4 is 17.4 Å². The van der Waals surface area contributed by atoms with E-state index in [1.165, 1.54) is 0 Å². The van der Waals surface area contributed by atoms with Crippen molar-refractivity contribution in [1.82, 2.24) is 5.06 Å². The van der Waals surface area contributed by atoms with E-state index in [2.05, 4.69) is 0 Å². The Morgan fingerprint density at radius 2 is 2.33 bits per heavy atom. The lowest BCUT2D eigenvalue weighted by atomic mass is 10.1. The quantitative estimate of drug-likeness (QED) is 0.771. The summed E-state index contributed by atoms with van der Waals surface area (Å²) >= 11 is 5.85. The van der Waals surface area contributed by atoms with Crippen molar-refractivity contribution in [3.63, 3.8) is 0 Å². The van der Waals surface area contributed by atoms with Gasteiger partial charge in [0.25, 0.3) is 0 Å². The predicted molar refractivity (Wildman–Crippen MR) is 56.4 cm³/mol. The topological polar surface area (TPSA) is 56.5 Å². The van der Waals surface area contributed by atoms with Crippen LogP contribution in [0.2, 0.25) is 5.02 Å². The van der Waals surface area contributed by atoms with Crippen molar-refractivity contribution in [2.24, 2.45) is 0 Å². The van der Waals surface area contributed by atoms with E-state index in [9.17, 15) is 5.21 Å². The summed E-state index contributed by atoms with van der Waals surface area (Å²) in [5.74, 6) is 0.0613. The molecule has 0 aliphatic carbocycles. The number of amidine groups is 1. The first-order valence-electron chi connectivity index (χ1n) is 4.57. The van der Waals surface area contributed by atoms with Crippen molar-refractivity contribution in [2.75, 3.05) is 13.2 Å². The van der Waals surface area contributed by atoms with Crippen LogP contribution in [0.3, 0.4) is 0 Å². The summed E-state index contributed by atoms with van der Waals surface area (Å²) in [6.45, 7) is 0.507. The summed E-state index contributed by atoms with van der Waals surface area (Å²) in [5.41, 5.74) is 0.842. The predicted octanol–water partition coefficient (Wildman–Crippen LogP) is 2.08. The Bertz CT molecular complexity index is 383. The summed E-state index contributed by atoms with van der Waals surface area (Å²) < 4.78 is 5.19. The van der Waals surface area contributed by atoms with E-state index in [4.69, 9.17) is 21.7 Å². The Morgan fingerprint density at radius 1 is 1.53 bits per heavy atom. The van der Waals surface area contributed by atoms with Gasteiger partial charge in [-0.2, -0.15) is 0 Å². The van der Waals surface area contributed by atoms with E-state index in [1.807, 2.05) is 12.1 Å². The fraction of sp³-hybridized carbons (Fsp3) is 0.300. The number of halogens is 1. The normalized spacial score (nSPS) is 21.9. The first kappa shape index (κ1) is 10.4. The van der Waals surface area contributed by atoms with Crippen molar-refractivity contribution < 1.29 is 9.94 Å². The van der Waals surface area contributed by atoms with Crippen LogP contribution in [-0.2, 0) is 4.74 Å². The van der Waals surface area contributed by atoms with Gasteiger partial charge in [0, 0.05) is 5.02 Å². The molecule has 2 rings (SSSR count). The van der Waals surface area contributed by atoms with E-state index in [0.29, 0.717) is 11.6 Å². The minimum atomic E-state index is -0.343. The first-order valence-corrected chi connectivity index (χ1v) is 4.95. The average Bonchev–Trinajstić information content (AvgIpc) is 2.22. The Labute approximate surface area is 92.5 Å². The molecule has 1 aliphatic rings. The third-order valence-electron chi connectivity index (χ3n) is 2.32. The molecule has 1 heterocycles. The number of hydroxylamine groups is 2. The Balaban J connectivity index is 2.26. The second kappa shape index (κ2) is 4.18. The van der Waals surface area contributed by atoms with Crippen LogP contribution >= 0.6 is 11.6 Å². The molecule has 1 atom stereocenters. The van der Waals surface area contributed by atoms with Crippen molar-refractivity contribution in [3.8, 4) is 0 Å². The fourth-order valence-corrected chi connectivity index (χ4v) is 1.74. The van der Waals surface area contributed by atoms with E-state index in [1.54, 1.807) is 12.1 Å². The Morgan fingerprint density at radius 3 is 3.07 bits per heavy atom. The summed E-state index contributed by atoms with van der Waals surface area (Å²) in [7, 11) is 0. The summed E-state index contributed by atoms with van der Waals surface area (Å²) in [5, 5.41) is 18.6. The molecule has 1 fully saturated rings. The Hall–Kier alpha value is -1.10. The van der Waals surface area contributed by atoms with Crippen LogP contribution in [0.1, 0.15) is 11.6 Å². The minimum absolute atomic E-state index is 0.0613. The number of morpholine rings is 1. The van der Waals surface area contributed by atoms with Crippen LogP contribution in [0.5, 0.6) is 0 Å². The van der Waals surface area contributed by atoms with Gasteiger partial charge in [-0.3, -0.25) is 10.6 Å². The maximum atomic E-state index is 9.67. The highest BCUT2D eigenvalue weighted by molar-refractivity contribution is 6.30. The summed E-state index contributed by atoms with van der Waals surface area (Å²) in [6, 6.07) is 6.84. The van der Waals surface area contributed by atoms with Crippen molar-refractivity contribution in [1.29, 1.82) is 5.41 Å². The first-order chi connectivity index (χ1) is 7.18. The van der Waals surface area contributed by atoms with Gasteiger partial charge in [-0.1, -0.05) is 23.7 Å². The number of nitrogens with one attached hydrogen (secondary N) is 1. The van der Waals surface area contributed by atoms with Gasteiger partial charge in [-0.15, -0.1) is 0 Å². The third kappa shape index (κ3) is 2.12. The highest BCUT2D eigenvalue weighted by atomic mass is 35.5. The van der Waals surface area contributed by atoms with Gasteiger partial charge in [-0.25, -0.2) is 5.06 Å². The van der Waals surface area contributed by atoms with Crippen LogP contribution < -0.4 is 0 Å². The zero-order valence-corrected chi connectivity index (χ0v) is 8.74. The number of hydrogen-bond acceptors (Lipinski definition) is 3. The van der Waals surface area contributed by atoms with Gasteiger partial charge in [0.2, 0.25) is 0 Å². The number of hydrogen-bond donors (Lipinski definition) is 2. The molecular weight excluding hydrogens is 216 g/mol. The molecule has 0 bridgehead atoms. The average molecular weight is 227 g/mol. The van der Waals surface area contributed by atoms with Gasteiger partial charge in [0.1, 0.15) is 18.5 Å². The van der Waals surface area contributed by atoms with E-state index in [-0.39, 0.29) is 18.5 Å². The Kier molecular flexibility index (Phi) is 2.90. The summed E-state index contributed by atoms with van der Waals surface area (Å²) in [6.07, 6.45) is 0. The maximum Gasteiger partial charge on any atom is 0.147 e. The maximum absolute atomic E-state index is 9.67. The molecule has 0 unspecified atom stereocenters. The van der Waals surface area contributed by atoms with E-state index < -0.39 is 0 Å². The van der Waals surface area contributed by atoms with Crippen LogP contribution in [0.25, 0.3) is 0 Å². The van der Waals surface area contributed by atoms with Crippen LogP contribution in [0, 0.1) is 5.41 Å².